The summed E-state index contributed by atoms with van der Waals surface area (Å²) in [5.41, 5.74) is -1.10. The number of carbonyl (C=O) groups is 1. The molecular weight excluding hydrogens is 416 g/mol. The predicted octanol–water partition coefficient (Wildman–Crippen LogP) is 4.01. The average Bonchev–Trinajstić information content (AvgIpc) is 3.14. The Hall–Kier alpha value is -3.01. The Bertz CT molecular complexity index is 1210. The fourth-order valence-corrected chi connectivity index (χ4v) is 4.38. The lowest BCUT2D eigenvalue weighted by atomic mass is 10.0. The molecule has 1 atom stereocenters. The quantitative estimate of drug-likeness (QED) is 0.519. The minimum atomic E-state index is -3.91. The smallest absolute Gasteiger partial charge is 0.235 e. The van der Waals surface area contributed by atoms with Crippen LogP contribution >= 0.6 is 0 Å². The van der Waals surface area contributed by atoms with Gasteiger partial charge >= 0.3 is 0 Å². The highest BCUT2D eigenvalue weighted by molar-refractivity contribution is 7.93. The van der Waals surface area contributed by atoms with Gasteiger partial charge in [0.2, 0.25) is 15.8 Å². The van der Waals surface area contributed by atoms with E-state index in [-0.39, 0.29) is 10.9 Å². The van der Waals surface area contributed by atoms with E-state index in [0.717, 1.165) is 12.1 Å². The van der Waals surface area contributed by atoms with E-state index in [0.29, 0.717) is 24.2 Å². The van der Waals surface area contributed by atoms with Gasteiger partial charge in [0.1, 0.15) is 17.2 Å². The molecule has 2 aromatic heterocycles. The molecule has 0 aliphatic carbocycles. The molecule has 2 N–H and O–H groups in total. The molecule has 0 spiro atoms. The molecular formula is C20H21F2N3O4S. The van der Waals surface area contributed by atoms with Crippen molar-refractivity contribution >= 4 is 32.5 Å². The van der Waals surface area contributed by atoms with Gasteiger partial charge < -0.3 is 9.72 Å². The number of H-pyrrole nitrogens is 1. The van der Waals surface area contributed by atoms with Gasteiger partial charge in [-0.3, -0.25) is 9.52 Å². The van der Waals surface area contributed by atoms with E-state index >= 15 is 4.39 Å². The molecule has 0 fully saturated rings. The van der Waals surface area contributed by atoms with Gasteiger partial charge in [-0.15, -0.1) is 0 Å². The number of hydrogen-bond acceptors (Lipinski definition) is 5. The summed E-state index contributed by atoms with van der Waals surface area (Å²) in [4.78, 5) is 19.9. The van der Waals surface area contributed by atoms with Crippen molar-refractivity contribution in [3.05, 3.63) is 53.4 Å². The Balaban J connectivity index is 2.08. The van der Waals surface area contributed by atoms with Crippen LogP contribution in [-0.4, -0.2) is 36.5 Å². The first-order chi connectivity index (χ1) is 14.2. The van der Waals surface area contributed by atoms with Gasteiger partial charge in [0.05, 0.1) is 34.6 Å². The molecule has 1 unspecified atom stereocenters. The maximum Gasteiger partial charge on any atom is 0.235 e. The summed E-state index contributed by atoms with van der Waals surface area (Å²) in [5, 5.41) is -0.513. The van der Waals surface area contributed by atoms with Crippen LogP contribution in [0.1, 0.15) is 42.6 Å². The zero-order chi connectivity index (χ0) is 22.1. The third kappa shape index (κ3) is 3.87. The van der Waals surface area contributed by atoms with E-state index in [1.165, 1.54) is 32.5 Å². The third-order valence-corrected chi connectivity index (χ3v) is 6.59. The highest BCUT2D eigenvalue weighted by atomic mass is 32.2. The number of sulfonamides is 1. The molecule has 30 heavy (non-hydrogen) atoms. The molecule has 3 rings (SSSR count). The number of nitrogens with one attached hydrogen (secondary N) is 2. The van der Waals surface area contributed by atoms with Gasteiger partial charge in [-0.1, -0.05) is 13.3 Å². The second kappa shape index (κ2) is 8.39. The molecule has 0 saturated carbocycles. The molecule has 0 aliphatic rings. The standard InChI is InChI=1S/C20H21F2N3O4S/c1-4-5-11(2)30(27,28)25-14-7-6-13(21)17(18(14)22)19(26)12-10-24-20-16(12)15(29-3)8-9-23-20/h6-11,25H,4-5H2,1-3H3,(H,23,24). The summed E-state index contributed by atoms with van der Waals surface area (Å²) < 4.78 is 61.7. The Morgan fingerprint density at radius 1 is 1.30 bits per heavy atom. The Morgan fingerprint density at radius 2 is 2.03 bits per heavy atom. The van der Waals surface area contributed by atoms with Crippen LogP contribution in [-0.2, 0) is 10.0 Å². The molecule has 160 valence electrons. The monoisotopic (exact) mass is 437 g/mol. The number of aromatic amines is 1. The van der Waals surface area contributed by atoms with Gasteiger partial charge in [-0.2, -0.15) is 0 Å². The van der Waals surface area contributed by atoms with Crippen molar-refractivity contribution in [2.24, 2.45) is 0 Å². The molecule has 2 heterocycles. The van der Waals surface area contributed by atoms with E-state index in [9.17, 15) is 17.6 Å². The van der Waals surface area contributed by atoms with Crippen LogP contribution in [0.25, 0.3) is 11.0 Å². The fraction of sp³-hybridized carbons (Fsp3) is 0.300. The first-order valence-corrected chi connectivity index (χ1v) is 10.8. The minimum absolute atomic E-state index is 0.0490. The van der Waals surface area contributed by atoms with Crippen LogP contribution in [0.5, 0.6) is 5.75 Å². The lowest BCUT2D eigenvalue weighted by Gasteiger charge is -2.16. The maximum atomic E-state index is 15.1. The third-order valence-electron chi connectivity index (χ3n) is 4.80. The molecule has 0 amide bonds. The van der Waals surface area contributed by atoms with E-state index in [1.807, 2.05) is 6.92 Å². The van der Waals surface area contributed by atoms with Crippen molar-refractivity contribution in [2.45, 2.75) is 31.9 Å². The van der Waals surface area contributed by atoms with Crippen molar-refractivity contribution in [1.82, 2.24) is 9.97 Å². The molecule has 1 aromatic carbocycles. The van der Waals surface area contributed by atoms with Crippen LogP contribution in [0.3, 0.4) is 0 Å². The predicted molar refractivity (Wildman–Crippen MR) is 109 cm³/mol. The number of pyridine rings is 1. The van der Waals surface area contributed by atoms with Gasteiger partial charge in [-0.25, -0.2) is 22.2 Å². The van der Waals surface area contributed by atoms with E-state index < -0.39 is 43.9 Å². The maximum absolute atomic E-state index is 15.1. The number of ketones is 1. The molecule has 3 aromatic rings. The number of halogens is 2. The topological polar surface area (TPSA) is 101 Å². The summed E-state index contributed by atoms with van der Waals surface area (Å²) in [5.74, 6) is -3.07. The number of ether oxygens (including phenoxy) is 1. The molecule has 10 heteroatoms. The van der Waals surface area contributed by atoms with Gasteiger partial charge in [0.25, 0.3) is 0 Å². The fourth-order valence-electron chi connectivity index (χ4n) is 3.17. The molecule has 0 radical (unpaired) electrons. The van der Waals surface area contributed by atoms with Crippen molar-refractivity contribution in [3.8, 4) is 5.75 Å². The zero-order valence-corrected chi connectivity index (χ0v) is 17.4. The Labute approximate surface area is 172 Å². The number of aromatic nitrogens is 2. The summed E-state index contributed by atoms with van der Waals surface area (Å²) in [6, 6.07) is 3.32. The number of methoxy groups -OCH3 is 1. The number of anilines is 1. The number of fused-ring (bicyclic) bond motifs is 1. The van der Waals surface area contributed by atoms with Crippen LogP contribution in [0.4, 0.5) is 14.5 Å². The van der Waals surface area contributed by atoms with Crippen LogP contribution in [0.2, 0.25) is 0 Å². The van der Waals surface area contributed by atoms with Crippen LogP contribution < -0.4 is 9.46 Å². The van der Waals surface area contributed by atoms with Gasteiger partial charge in [0.15, 0.2) is 5.82 Å². The van der Waals surface area contributed by atoms with Crippen molar-refractivity contribution in [1.29, 1.82) is 0 Å². The van der Waals surface area contributed by atoms with Crippen molar-refractivity contribution in [2.75, 3.05) is 11.8 Å². The number of carbonyl (C=O) groups excluding carboxylic acids is 1. The highest BCUT2D eigenvalue weighted by Crippen LogP contribution is 2.31. The summed E-state index contributed by atoms with van der Waals surface area (Å²) in [6.45, 7) is 3.32. The van der Waals surface area contributed by atoms with E-state index in [1.54, 1.807) is 0 Å². The van der Waals surface area contributed by atoms with Crippen molar-refractivity contribution < 1.29 is 26.7 Å². The molecule has 0 saturated heterocycles. The second-order valence-corrected chi connectivity index (χ2v) is 8.90. The second-order valence-electron chi connectivity index (χ2n) is 6.80. The number of hydrogen-bond donors (Lipinski definition) is 2. The summed E-state index contributed by atoms with van der Waals surface area (Å²) in [7, 11) is -2.52. The van der Waals surface area contributed by atoms with Crippen LogP contribution in [0.15, 0.2) is 30.6 Å². The lowest BCUT2D eigenvalue weighted by molar-refractivity contribution is 0.103. The lowest BCUT2D eigenvalue weighted by Crippen LogP contribution is -2.26. The highest BCUT2D eigenvalue weighted by Gasteiger charge is 2.28. The number of nitrogens with zero attached hydrogens (tertiary/aromatic N) is 1. The zero-order valence-electron chi connectivity index (χ0n) is 16.6. The minimum Gasteiger partial charge on any atom is -0.496 e. The largest absolute Gasteiger partial charge is 0.496 e. The normalized spacial score (nSPS) is 12.7. The van der Waals surface area contributed by atoms with E-state index in [4.69, 9.17) is 4.74 Å². The van der Waals surface area contributed by atoms with Gasteiger partial charge in [-0.05, 0) is 31.5 Å². The average molecular weight is 437 g/mol. The number of rotatable bonds is 8. The SMILES string of the molecule is CCCC(C)S(=O)(=O)Nc1ccc(F)c(C(=O)c2c[nH]c3nccc(OC)c23)c1F. The molecule has 7 nitrogen and oxygen atoms in total. The molecule has 0 aliphatic heterocycles. The summed E-state index contributed by atoms with van der Waals surface area (Å²) in [6.07, 6.45) is 3.72. The first kappa shape index (κ1) is 21.7. The Morgan fingerprint density at radius 3 is 2.70 bits per heavy atom. The summed E-state index contributed by atoms with van der Waals surface area (Å²) >= 11 is 0. The van der Waals surface area contributed by atoms with Gasteiger partial charge in [0, 0.05) is 12.4 Å². The van der Waals surface area contributed by atoms with E-state index in [2.05, 4.69) is 14.7 Å². The first-order valence-electron chi connectivity index (χ1n) is 9.25. The van der Waals surface area contributed by atoms with Crippen molar-refractivity contribution in [3.63, 3.8) is 0 Å². The molecule has 0 bridgehead atoms. The van der Waals surface area contributed by atoms with Crippen LogP contribution in [0, 0.1) is 11.6 Å². The Kier molecular flexibility index (Phi) is 6.06. The number of benzene rings is 1.